The summed E-state index contributed by atoms with van der Waals surface area (Å²) in [6, 6.07) is 0.907. The molecular formula is C19H26N7O18P3. The molecule has 0 aliphatic carbocycles. The molecule has 5 rings (SSSR count). The lowest BCUT2D eigenvalue weighted by molar-refractivity contribution is -0.0543. The van der Waals surface area contributed by atoms with Crippen molar-refractivity contribution < 1.29 is 75.9 Å². The smallest absolute Gasteiger partial charge is 0.387 e. The maximum Gasteiger partial charge on any atom is 0.490 e. The maximum absolute atomic E-state index is 12.4. The highest BCUT2D eigenvalue weighted by atomic mass is 31.3. The van der Waals surface area contributed by atoms with E-state index in [1.807, 2.05) is 4.98 Å². The predicted molar refractivity (Wildman–Crippen MR) is 146 cm³/mol. The van der Waals surface area contributed by atoms with Gasteiger partial charge in [0, 0.05) is 12.3 Å². The third-order valence-electron chi connectivity index (χ3n) is 6.68. The topological polar surface area (TPSA) is 373 Å². The van der Waals surface area contributed by atoms with Gasteiger partial charge in [-0.3, -0.25) is 28.0 Å². The van der Waals surface area contributed by atoms with E-state index >= 15 is 0 Å². The van der Waals surface area contributed by atoms with Crippen LogP contribution in [-0.4, -0.2) is 114 Å². The van der Waals surface area contributed by atoms with Gasteiger partial charge in [-0.1, -0.05) is 0 Å². The molecule has 2 aliphatic heterocycles. The molecule has 2 saturated heterocycles. The summed E-state index contributed by atoms with van der Waals surface area (Å²) in [5.41, 5.74) is 4.17. The molecule has 28 heteroatoms. The highest BCUT2D eigenvalue weighted by Gasteiger charge is 2.49. The first kappa shape index (κ1) is 35.5. The number of nitrogens with two attached hydrogens (primary N) is 1. The summed E-state index contributed by atoms with van der Waals surface area (Å²) in [5.74, 6) is 0.00560. The molecule has 0 spiro atoms. The fourth-order valence-electron chi connectivity index (χ4n) is 4.54. The lowest BCUT2D eigenvalue weighted by Crippen LogP contribution is -2.37. The van der Waals surface area contributed by atoms with Gasteiger partial charge in [-0.15, -0.1) is 0 Å². The number of anilines is 1. The van der Waals surface area contributed by atoms with Crippen LogP contribution in [0.25, 0.3) is 11.2 Å². The van der Waals surface area contributed by atoms with Crippen LogP contribution in [-0.2, 0) is 40.8 Å². The Balaban J connectivity index is 1.15. The number of nitrogen functional groups attached to an aromatic ring is 1. The molecule has 3 aromatic heterocycles. The van der Waals surface area contributed by atoms with Crippen molar-refractivity contribution in [1.29, 1.82) is 0 Å². The first-order valence-corrected chi connectivity index (χ1v) is 17.3. The number of hydrogen-bond donors (Lipinski definition) is 9. The Morgan fingerprint density at radius 2 is 1.34 bits per heavy atom. The van der Waals surface area contributed by atoms with E-state index in [1.54, 1.807) is 0 Å². The number of nitrogens with one attached hydrogen (secondary N) is 1. The van der Waals surface area contributed by atoms with Gasteiger partial charge in [-0.25, -0.2) is 33.4 Å². The van der Waals surface area contributed by atoms with Crippen molar-refractivity contribution in [3.8, 4) is 0 Å². The van der Waals surface area contributed by atoms with Crippen LogP contribution in [0.3, 0.4) is 0 Å². The van der Waals surface area contributed by atoms with Gasteiger partial charge in [-0.05, 0) is 0 Å². The third kappa shape index (κ3) is 7.76. The Morgan fingerprint density at radius 3 is 1.87 bits per heavy atom. The summed E-state index contributed by atoms with van der Waals surface area (Å²) in [7, 11) is -17.3. The number of phosphoric acid groups is 3. The number of ether oxygens (including phenoxy) is 2. The van der Waals surface area contributed by atoms with Gasteiger partial charge in [0.05, 0.1) is 19.5 Å². The second-order valence-corrected chi connectivity index (χ2v) is 14.5. The first-order valence-electron chi connectivity index (χ1n) is 12.9. The van der Waals surface area contributed by atoms with Crippen LogP contribution in [0, 0.1) is 0 Å². The van der Waals surface area contributed by atoms with E-state index in [0.717, 1.165) is 18.6 Å². The van der Waals surface area contributed by atoms with E-state index < -0.39 is 97.0 Å². The summed E-state index contributed by atoms with van der Waals surface area (Å²) < 4.78 is 66.6. The van der Waals surface area contributed by atoms with Gasteiger partial charge in [0.15, 0.2) is 23.9 Å². The Kier molecular flexibility index (Phi) is 10.0. The number of H-pyrrole nitrogens is 1. The molecular weight excluding hydrogens is 707 g/mol. The normalized spacial score (nSPS) is 31.8. The standard InChI is InChI=1S/C19H26N7O18P3/c20-15-10-16(22-5-21-15)26(6-23-10)18-14(31)12(29)8(42-18)4-40-46(35,36)44-47(37,38)43-45(33,34)39-3-7-11(28)13(30)17(41-7)25-2-1-9(27)24-19(25)32/h1-2,5-8,11-14,17-18,28-31H,3-4H2,(H,33,34)(H,35,36)(H,37,38)(H2,20,21,22)(H,24,27,32)/t7-,8-,11-,12-,13-,14-,17-,18-/m1/s1. The highest BCUT2D eigenvalue weighted by molar-refractivity contribution is 7.66. The number of imidazole rings is 1. The second kappa shape index (κ2) is 13.2. The third-order valence-corrected chi connectivity index (χ3v) is 10.9. The number of aromatic nitrogens is 6. The molecule has 2 fully saturated rings. The summed E-state index contributed by atoms with van der Waals surface area (Å²) in [6.07, 6.45) is -10.0. The number of phosphoric ester groups is 2. The van der Waals surface area contributed by atoms with Crippen LogP contribution >= 0.6 is 23.5 Å². The monoisotopic (exact) mass is 733 g/mol. The highest BCUT2D eigenvalue weighted by Crippen LogP contribution is 2.67. The van der Waals surface area contributed by atoms with Gasteiger partial charge in [0.2, 0.25) is 0 Å². The number of aliphatic hydroxyl groups excluding tert-OH is 4. The van der Waals surface area contributed by atoms with Crippen LogP contribution in [0.2, 0.25) is 0 Å². The average Bonchev–Trinajstić information content (AvgIpc) is 3.60. The van der Waals surface area contributed by atoms with Crippen molar-refractivity contribution in [2.45, 2.75) is 49.1 Å². The maximum atomic E-state index is 12.4. The molecule has 0 radical (unpaired) electrons. The number of nitrogens with zero attached hydrogens (tertiary/aromatic N) is 5. The Labute approximate surface area is 259 Å². The van der Waals surface area contributed by atoms with Gasteiger partial charge in [0.1, 0.15) is 48.5 Å². The van der Waals surface area contributed by atoms with E-state index in [1.165, 1.54) is 10.9 Å². The number of rotatable bonds is 12. The molecule has 3 unspecified atom stereocenters. The largest absolute Gasteiger partial charge is 0.490 e. The molecule has 260 valence electrons. The molecule has 25 nitrogen and oxygen atoms in total. The zero-order chi connectivity index (χ0) is 34.5. The minimum absolute atomic E-state index is 0.00560. The second-order valence-electron chi connectivity index (χ2n) is 9.85. The first-order chi connectivity index (χ1) is 21.9. The van der Waals surface area contributed by atoms with Crippen molar-refractivity contribution in [3.05, 3.63) is 45.8 Å². The molecule has 47 heavy (non-hydrogen) atoms. The number of aromatic amines is 1. The molecule has 11 atom stereocenters. The van der Waals surface area contributed by atoms with Crippen molar-refractivity contribution in [2.75, 3.05) is 18.9 Å². The lowest BCUT2D eigenvalue weighted by atomic mass is 10.1. The van der Waals surface area contributed by atoms with E-state index in [0.29, 0.717) is 4.57 Å². The molecule has 3 aromatic rings. The predicted octanol–water partition coefficient (Wildman–Crippen LogP) is -3.44. The minimum Gasteiger partial charge on any atom is -0.387 e. The molecule has 10 N–H and O–H groups in total. The lowest BCUT2D eigenvalue weighted by Gasteiger charge is -2.21. The summed E-state index contributed by atoms with van der Waals surface area (Å²) >= 11 is 0. The SMILES string of the molecule is Nc1ncnc2c1ncn2[C@@H]1O[C@H](COP(=O)(O)OP(=O)(O)OP(=O)(O)OC[C@H]2O[C@@H](n3ccc(=O)[nH]c3=O)[C@H](O)[C@@H]2O)[C@@H](O)[C@H]1O. The summed E-state index contributed by atoms with van der Waals surface area (Å²) in [6.45, 7) is -2.16. The van der Waals surface area contributed by atoms with Crippen molar-refractivity contribution in [1.82, 2.24) is 29.1 Å². The van der Waals surface area contributed by atoms with Crippen LogP contribution in [0.1, 0.15) is 12.5 Å². The molecule has 0 bridgehead atoms. The summed E-state index contributed by atoms with van der Waals surface area (Å²) in [4.78, 5) is 66.5. The Morgan fingerprint density at radius 1 is 0.809 bits per heavy atom. The number of aliphatic hydroxyl groups is 4. The van der Waals surface area contributed by atoms with Crippen LogP contribution in [0.15, 0.2) is 34.5 Å². The Bertz CT molecular complexity index is 1890. The van der Waals surface area contributed by atoms with E-state index in [9.17, 15) is 58.4 Å². The molecule has 0 amide bonds. The van der Waals surface area contributed by atoms with Crippen LogP contribution in [0.5, 0.6) is 0 Å². The number of fused-ring (bicyclic) bond motifs is 1. The van der Waals surface area contributed by atoms with E-state index in [2.05, 4.69) is 32.6 Å². The minimum atomic E-state index is -5.97. The zero-order valence-corrected chi connectivity index (χ0v) is 25.8. The van der Waals surface area contributed by atoms with Crippen molar-refractivity contribution in [2.24, 2.45) is 0 Å². The average molecular weight is 733 g/mol. The number of hydrogen-bond acceptors (Lipinski definition) is 19. The van der Waals surface area contributed by atoms with Crippen molar-refractivity contribution >= 4 is 40.4 Å². The quantitative estimate of drug-likeness (QED) is 0.0817. The van der Waals surface area contributed by atoms with E-state index in [-0.39, 0.29) is 17.0 Å². The fourth-order valence-corrected chi connectivity index (χ4v) is 8.06. The van der Waals surface area contributed by atoms with Gasteiger partial charge >= 0.3 is 29.2 Å². The fraction of sp³-hybridized carbons (Fsp3) is 0.526. The van der Waals surface area contributed by atoms with Crippen LogP contribution in [0.4, 0.5) is 5.82 Å². The van der Waals surface area contributed by atoms with Gasteiger partial charge in [-0.2, -0.15) is 8.62 Å². The van der Waals surface area contributed by atoms with Crippen LogP contribution < -0.4 is 17.0 Å². The molecule has 2 aliphatic rings. The van der Waals surface area contributed by atoms with Gasteiger partial charge < -0.3 is 50.3 Å². The summed E-state index contributed by atoms with van der Waals surface area (Å²) in [5, 5.41) is 41.3. The Hall–Kier alpha value is -2.80. The molecule has 5 heterocycles. The van der Waals surface area contributed by atoms with E-state index in [4.69, 9.17) is 15.2 Å². The zero-order valence-electron chi connectivity index (χ0n) is 23.1. The molecule has 0 aromatic carbocycles. The van der Waals surface area contributed by atoms with Crippen molar-refractivity contribution in [3.63, 3.8) is 0 Å². The van der Waals surface area contributed by atoms with Gasteiger partial charge in [0.25, 0.3) is 5.56 Å². The molecule has 0 saturated carbocycles.